The first-order chi connectivity index (χ1) is 13.5. The fourth-order valence-electron chi connectivity index (χ4n) is 2.52. The first-order valence-corrected chi connectivity index (χ1v) is 9.25. The van der Waals surface area contributed by atoms with Crippen LogP contribution in [0.5, 0.6) is 5.75 Å². The second kappa shape index (κ2) is 10.9. The highest BCUT2D eigenvalue weighted by atomic mass is 19.1. The minimum absolute atomic E-state index is 0.0846. The number of carbonyl (C=O) groups excluding carboxylic acids is 1. The fourth-order valence-corrected chi connectivity index (χ4v) is 2.52. The number of hydrogen-bond acceptors (Lipinski definition) is 3. The molecule has 0 aliphatic carbocycles. The third kappa shape index (κ3) is 6.90. The molecule has 0 aliphatic heterocycles. The van der Waals surface area contributed by atoms with Crippen molar-refractivity contribution in [2.45, 2.75) is 26.5 Å². The Labute approximate surface area is 165 Å². The Morgan fingerprint density at radius 3 is 2.57 bits per heavy atom. The molecule has 0 spiro atoms. The van der Waals surface area contributed by atoms with Gasteiger partial charge in [0, 0.05) is 25.7 Å². The number of guanidine groups is 1. The second-order valence-corrected chi connectivity index (χ2v) is 6.25. The summed E-state index contributed by atoms with van der Waals surface area (Å²) < 4.78 is 18.7. The number of nitrogens with one attached hydrogen (secondary N) is 3. The minimum Gasteiger partial charge on any atom is -0.489 e. The molecule has 1 atom stereocenters. The van der Waals surface area contributed by atoms with E-state index in [-0.39, 0.29) is 17.8 Å². The van der Waals surface area contributed by atoms with Crippen molar-refractivity contribution >= 4 is 11.9 Å². The van der Waals surface area contributed by atoms with Gasteiger partial charge in [-0.1, -0.05) is 12.1 Å². The lowest BCUT2D eigenvalue weighted by atomic mass is 10.1. The Balaban J connectivity index is 1.82. The molecule has 150 valence electrons. The van der Waals surface area contributed by atoms with Crippen LogP contribution >= 0.6 is 0 Å². The highest BCUT2D eigenvalue weighted by Gasteiger charge is 2.08. The Bertz CT molecular complexity index is 793. The van der Waals surface area contributed by atoms with E-state index < -0.39 is 0 Å². The van der Waals surface area contributed by atoms with E-state index in [4.69, 9.17) is 4.74 Å². The van der Waals surface area contributed by atoms with E-state index in [1.165, 1.54) is 12.1 Å². The normalized spacial score (nSPS) is 12.2. The van der Waals surface area contributed by atoms with Crippen LogP contribution in [0.2, 0.25) is 0 Å². The molecular formula is C21H27FN4O2. The maximum atomic E-state index is 12.9. The summed E-state index contributed by atoms with van der Waals surface area (Å²) in [6.45, 7) is 5.45. The molecule has 0 fully saturated rings. The van der Waals surface area contributed by atoms with Crippen LogP contribution in [-0.4, -0.2) is 38.1 Å². The summed E-state index contributed by atoms with van der Waals surface area (Å²) in [5.41, 5.74) is 1.60. The topological polar surface area (TPSA) is 74.8 Å². The third-order valence-electron chi connectivity index (χ3n) is 3.92. The van der Waals surface area contributed by atoms with Crippen LogP contribution in [-0.2, 0) is 6.54 Å². The van der Waals surface area contributed by atoms with Crippen LogP contribution in [0.1, 0.15) is 29.8 Å². The largest absolute Gasteiger partial charge is 0.489 e. The molecule has 0 saturated heterocycles. The summed E-state index contributed by atoms with van der Waals surface area (Å²) in [4.78, 5) is 16.1. The zero-order chi connectivity index (χ0) is 20.4. The number of amides is 1. The van der Waals surface area contributed by atoms with Crippen LogP contribution < -0.4 is 20.7 Å². The zero-order valence-electron chi connectivity index (χ0n) is 16.5. The molecule has 6 nitrogen and oxygen atoms in total. The van der Waals surface area contributed by atoms with Gasteiger partial charge in [0.1, 0.15) is 17.7 Å². The Hall–Kier alpha value is -3.09. The van der Waals surface area contributed by atoms with E-state index in [2.05, 4.69) is 20.9 Å². The average molecular weight is 386 g/mol. The summed E-state index contributed by atoms with van der Waals surface area (Å²) >= 11 is 0. The lowest BCUT2D eigenvalue weighted by Gasteiger charge is -2.18. The summed E-state index contributed by atoms with van der Waals surface area (Å²) in [7, 11) is 1.69. The molecule has 0 heterocycles. The highest BCUT2D eigenvalue weighted by molar-refractivity contribution is 5.94. The number of halogens is 1. The summed E-state index contributed by atoms with van der Waals surface area (Å²) in [5.74, 6) is 0.858. The molecule has 1 unspecified atom stereocenters. The van der Waals surface area contributed by atoms with Gasteiger partial charge in [0.2, 0.25) is 0 Å². The molecule has 28 heavy (non-hydrogen) atoms. The first-order valence-electron chi connectivity index (χ1n) is 9.25. The lowest BCUT2D eigenvalue weighted by Crippen LogP contribution is -2.41. The van der Waals surface area contributed by atoms with Crippen LogP contribution in [0, 0.1) is 5.82 Å². The van der Waals surface area contributed by atoms with E-state index in [0.717, 1.165) is 5.56 Å². The number of nitrogens with zero attached hydrogens (tertiary/aromatic N) is 1. The lowest BCUT2D eigenvalue weighted by molar-refractivity contribution is 0.0955. The molecule has 0 saturated carbocycles. The van der Waals surface area contributed by atoms with Crippen LogP contribution in [0.25, 0.3) is 0 Å². The monoisotopic (exact) mass is 386 g/mol. The van der Waals surface area contributed by atoms with Crippen molar-refractivity contribution < 1.29 is 13.9 Å². The number of benzene rings is 2. The van der Waals surface area contributed by atoms with Crippen molar-refractivity contribution in [3.63, 3.8) is 0 Å². The van der Waals surface area contributed by atoms with E-state index in [1.807, 2.05) is 32.0 Å². The van der Waals surface area contributed by atoms with Crippen molar-refractivity contribution in [3.05, 3.63) is 65.5 Å². The maximum Gasteiger partial charge on any atom is 0.251 e. The number of ether oxygens (including phenoxy) is 1. The second-order valence-electron chi connectivity index (χ2n) is 6.25. The van der Waals surface area contributed by atoms with Gasteiger partial charge in [0.25, 0.3) is 5.91 Å². The molecular weight excluding hydrogens is 359 g/mol. The number of rotatable bonds is 8. The van der Waals surface area contributed by atoms with Crippen molar-refractivity contribution in [3.8, 4) is 5.75 Å². The zero-order valence-corrected chi connectivity index (χ0v) is 16.5. The van der Waals surface area contributed by atoms with Crippen molar-refractivity contribution in [2.75, 3.05) is 20.1 Å². The summed E-state index contributed by atoms with van der Waals surface area (Å²) in [5, 5.41) is 9.19. The molecule has 0 aromatic heterocycles. The predicted octanol–water partition coefficient (Wildman–Crippen LogP) is 2.71. The number of hydrogen-bond donors (Lipinski definition) is 3. The van der Waals surface area contributed by atoms with Gasteiger partial charge in [-0.15, -0.1) is 0 Å². The minimum atomic E-state index is -0.293. The van der Waals surface area contributed by atoms with Crippen LogP contribution in [0.4, 0.5) is 4.39 Å². The third-order valence-corrected chi connectivity index (χ3v) is 3.92. The SMILES string of the molecule is CCNC(=O)c1cccc(CNC(=NC)NCC(C)Oc2ccc(F)cc2)c1. The molecule has 2 aromatic carbocycles. The molecule has 2 aromatic rings. The first kappa shape index (κ1) is 21.2. The number of aliphatic imine (C=N–C) groups is 1. The van der Waals surface area contributed by atoms with Crippen LogP contribution in [0.3, 0.4) is 0 Å². The van der Waals surface area contributed by atoms with Crippen LogP contribution in [0.15, 0.2) is 53.5 Å². The average Bonchev–Trinajstić information content (AvgIpc) is 2.70. The maximum absolute atomic E-state index is 12.9. The van der Waals surface area contributed by atoms with Gasteiger partial charge < -0.3 is 20.7 Å². The molecule has 3 N–H and O–H groups in total. The number of carbonyl (C=O) groups is 1. The fraction of sp³-hybridized carbons (Fsp3) is 0.333. The van der Waals surface area contributed by atoms with E-state index >= 15 is 0 Å². The van der Waals surface area contributed by atoms with Crippen molar-refractivity contribution in [1.29, 1.82) is 0 Å². The van der Waals surface area contributed by atoms with Gasteiger partial charge in [-0.2, -0.15) is 0 Å². The van der Waals surface area contributed by atoms with Crippen molar-refractivity contribution in [1.82, 2.24) is 16.0 Å². The van der Waals surface area contributed by atoms with Gasteiger partial charge >= 0.3 is 0 Å². The standard InChI is InChI=1S/C21H27FN4O2/c1-4-24-20(27)17-7-5-6-16(12-17)14-26-21(23-3)25-13-15(2)28-19-10-8-18(22)9-11-19/h5-12,15H,4,13-14H2,1-3H3,(H,24,27)(H2,23,25,26). The van der Waals surface area contributed by atoms with Gasteiger partial charge in [0.15, 0.2) is 5.96 Å². The summed E-state index contributed by atoms with van der Waals surface area (Å²) in [6, 6.07) is 13.4. The van der Waals surface area contributed by atoms with Gasteiger partial charge in [-0.25, -0.2) is 4.39 Å². The van der Waals surface area contributed by atoms with Gasteiger partial charge in [0.05, 0.1) is 6.54 Å². The Kier molecular flexibility index (Phi) is 8.27. The predicted molar refractivity (Wildman–Crippen MR) is 109 cm³/mol. The quantitative estimate of drug-likeness (QED) is 0.482. The Morgan fingerprint density at radius 1 is 1.14 bits per heavy atom. The molecule has 1 amide bonds. The van der Waals surface area contributed by atoms with E-state index in [1.54, 1.807) is 25.2 Å². The highest BCUT2D eigenvalue weighted by Crippen LogP contribution is 2.12. The van der Waals surface area contributed by atoms with E-state index in [9.17, 15) is 9.18 Å². The van der Waals surface area contributed by atoms with Gasteiger partial charge in [-0.05, 0) is 55.8 Å². The van der Waals surface area contributed by atoms with E-state index in [0.29, 0.717) is 36.9 Å². The molecule has 2 rings (SSSR count). The molecule has 7 heteroatoms. The molecule has 0 bridgehead atoms. The smallest absolute Gasteiger partial charge is 0.251 e. The molecule has 0 aliphatic rings. The van der Waals surface area contributed by atoms with Gasteiger partial charge in [-0.3, -0.25) is 9.79 Å². The van der Waals surface area contributed by atoms with Crippen molar-refractivity contribution in [2.24, 2.45) is 4.99 Å². The Morgan fingerprint density at radius 2 is 1.89 bits per heavy atom. The molecule has 0 radical (unpaired) electrons. The summed E-state index contributed by atoms with van der Waals surface area (Å²) in [6.07, 6.45) is -0.134.